The number of primary amides is 1. The third-order valence-corrected chi connectivity index (χ3v) is 3.46. The van der Waals surface area contributed by atoms with E-state index in [0.717, 1.165) is 0 Å². The molecule has 116 valence electrons. The fourth-order valence-corrected chi connectivity index (χ4v) is 2.00. The first-order valence-electron chi connectivity index (χ1n) is 6.18. The van der Waals surface area contributed by atoms with Crippen LogP contribution in [0.3, 0.4) is 0 Å². The Bertz CT molecular complexity index is 850. The zero-order chi connectivity index (χ0) is 17.0. The summed E-state index contributed by atoms with van der Waals surface area (Å²) in [4.78, 5) is 22.2. The quantitative estimate of drug-likeness (QED) is 0.653. The summed E-state index contributed by atoms with van der Waals surface area (Å²) in [5.41, 5.74) is 5.19. The summed E-state index contributed by atoms with van der Waals surface area (Å²) in [7, 11) is 0. The molecule has 0 aliphatic rings. The number of nitrogens with zero attached hydrogens (tertiary/aromatic N) is 1. The number of halogens is 2. The van der Waals surface area contributed by atoms with Crippen LogP contribution in [0.15, 0.2) is 40.3 Å². The number of nitrogens with two attached hydrogens (primary N) is 1. The van der Waals surface area contributed by atoms with Crippen LogP contribution in [-0.4, -0.2) is 11.9 Å². The van der Waals surface area contributed by atoms with Crippen LogP contribution in [0, 0.1) is 11.3 Å². The van der Waals surface area contributed by atoms with E-state index in [1.54, 1.807) is 41.7 Å². The van der Waals surface area contributed by atoms with Gasteiger partial charge in [0.1, 0.15) is 23.2 Å². The van der Waals surface area contributed by atoms with Crippen LogP contribution in [0.25, 0.3) is 17.4 Å². The second-order valence-corrected chi connectivity index (χ2v) is 5.13. The van der Waals surface area contributed by atoms with Gasteiger partial charge in [-0.15, -0.1) is 0 Å². The van der Waals surface area contributed by atoms with Crippen LogP contribution in [0.2, 0.25) is 10.0 Å². The molecule has 0 saturated carbocycles. The van der Waals surface area contributed by atoms with Crippen LogP contribution in [0.4, 0.5) is 4.79 Å². The number of urea groups is 1. The molecule has 2 aromatic rings. The van der Waals surface area contributed by atoms with Gasteiger partial charge >= 0.3 is 6.03 Å². The van der Waals surface area contributed by atoms with Gasteiger partial charge in [-0.1, -0.05) is 23.2 Å². The maximum absolute atomic E-state index is 11.6. The van der Waals surface area contributed by atoms with E-state index in [9.17, 15) is 9.59 Å². The van der Waals surface area contributed by atoms with Gasteiger partial charge in [0.25, 0.3) is 5.91 Å². The van der Waals surface area contributed by atoms with Crippen molar-refractivity contribution in [2.45, 2.75) is 0 Å². The molecule has 6 nitrogen and oxygen atoms in total. The summed E-state index contributed by atoms with van der Waals surface area (Å²) in [5.74, 6) is -0.183. The van der Waals surface area contributed by atoms with Crippen LogP contribution in [0.5, 0.6) is 0 Å². The summed E-state index contributed by atoms with van der Waals surface area (Å²) in [6, 6.07) is 8.79. The molecular weight excluding hydrogens is 341 g/mol. The lowest BCUT2D eigenvalue weighted by atomic mass is 10.2. The van der Waals surface area contributed by atoms with Crippen molar-refractivity contribution in [3.8, 4) is 17.4 Å². The minimum absolute atomic E-state index is 0.252. The van der Waals surface area contributed by atoms with Gasteiger partial charge in [0.05, 0.1) is 10.0 Å². The number of nitrogens with one attached hydrogen (secondary N) is 1. The van der Waals surface area contributed by atoms with Crippen molar-refractivity contribution in [1.29, 1.82) is 5.26 Å². The van der Waals surface area contributed by atoms with Crippen LogP contribution in [-0.2, 0) is 4.79 Å². The Hall–Kier alpha value is -2.75. The van der Waals surface area contributed by atoms with E-state index in [4.69, 9.17) is 38.6 Å². The zero-order valence-corrected chi connectivity index (χ0v) is 13.0. The van der Waals surface area contributed by atoms with Crippen molar-refractivity contribution in [1.82, 2.24) is 5.32 Å². The Kier molecular flexibility index (Phi) is 5.06. The topological polar surface area (TPSA) is 109 Å². The molecule has 0 atom stereocenters. The van der Waals surface area contributed by atoms with Gasteiger partial charge in [-0.25, -0.2) is 4.79 Å². The van der Waals surface area contributed by atoms with Crippen LogP contribution < -0.4 is 11.1 Å². The fourth-order valence-electron chi connectivity index (χ4n) is 1.71. The van der Waals surface area contributed by atoms with E-state index in [0.29, 0.717) is 21.4 Å². The lowest BCUT2D eigenvalue weighted by molar-refractivity contribution is -0.115. The van der Waals surface area contributed by atoms with Crippen molar-refractivity contribution >= 4 is 41.2 Å². The van der Waals surface area contributed by atoms with Crippen molar-refractivity contribution in [2.75, 3.05) is 0 Å². The van der Waals surface area contributed by atoms with Crippen LogP contribution >= 0.6 is 23.2 Å². The number of benzene rings is 1. The largest absolute Gasteiger partial charge is 0.457 e. The molecule has 0 spiro atoms. The average molecular weight is 350 g/mol. The Morgan fingerprint density at radius 3 is 2.57 bits per heavy atom. The molecule has 3 amide bonds. The molecule has 2 rings (SSSR count). The Balaban J connectivity index is 2.29. The van der Waals surface area contributed by atoms with Gasteiger partial charge in [0.2, 0.25) is 0 Å². The maximum Gasteiger partial charge on any atom is 0.319 e. The number of imide groups is 1. The Morgan fingerprint density at radius 1 is 1.22 bits per heavy atom. The minimum Gasteiger partial charge on any atom is -0.457 e. The summed E-state index contributed by atoms with van der Waals surface area (Å²) >= 11 is 11.8. The van der Waals surface area contributed by atoms with Gasteiger partial charge in [-0.05, 0) is 30.3 Å². The molecule has 8 heteroatoms. The number of carbonyl (C=O) groups excluding carboxylic acids is 2. The predicted octanol–water partition coefficient (Wildman–Crippen LogP) is 3.36. The van der Waals surface area contributed by atoms with E-state index in [1.807, 2.05) is 0 Å². The van der Waals surface area contributed by atoms with Crippen molar-refractivity contribution in [3.63, 3.8) is 0 Å². The van der Waals surface area contributed by atoms with Crippen LogP contribution in [0.1, 0.15) is 5.76 Å². The SMILES string of the molecule is N#C/C(=C\c1ccc(-c2ccc(Cl)c(Cl)c2)o1)C(=O)NC(N)=O. The first kappa shape index (κ1) is 16.6. The third kappa shape index (κ3) is 4.13. The van der Waals surface area contributed by atoms with Gasteiger partial charge < -0.3 is 10.2 Å². The molecule has 0 fully saturated rings. The zero-order valence-electron chi connectivity index (χ0n) is 11.5. The molecule has 1 aromatic heterocycles. The molecule has 1 aromatic carbocycles. The molecule has 0 bridgehead atoms. The molecule has 0 saturated heterocycles. The Labute approximate surface area is 141 Å². The highest BCUT2D eigenvalue weighted by Gasteiger charge is 2.13. The molecule has 3 N–H and O–H groups in total. The number of carbonyl (C=O) groups is 2. The molecule has 0 aliphatic heterocycles. The van der Waals surface area contributed by atoms with E-state index in [-0.39, 0.29) is 11.3 Å². The van der Waals surface area contributed by atoms with Gasteiger partial charge in [0.15, 0.2) is 0 Å². The standard InChI is InChI=1S/C15H9Cl2N3O3/c16-11-3-1-8(6-12(11)17)13-4-2-10(23-13)5-9(7-18)14(21)20-15(19)22/h1-6H,(H3,19,20,21,22)/b9-5+. The predicted molar refractivity (Wildman–Crippen MR) is 85.5 cm³/mol. The third-order valence-electron chi connectivity index (χ3n) is 2.72. The number of hydrogen-bond acceptors (Lipinski definition) is 4. The highest BCUT2D eigenvalue weighted by molar-refractivity contribution is 6.42. The number of amides is 3. The number of nitriles is 1. The van der Waals surface area contributed by atoms with Crippen molar-refractivity contribution in [2.24, 2.45) is 5.73 Å². The molecule has 23 heavy (non-hydrogen) atoms. The molecule has 1 heterocycles. The normalized spacial score (nSPS) is 10.9. The summed E-state index contributed by atoms with van der Waals surface area (Å²) < 4.78 is 5.53. The number of furan rings is 1. The minimum atomic E-state index is -1.05. The monoisotopic (exact) mass is 349 g/mol. The molecular formula is C15H9Cl2N3O3. The second kappa shape index (κ2) is 7.01. The van der Waals surface area contributed by atoms with Crippen molar-refractivity contribution in [3.05, 3.63) is 51.7 Å². The summed E-state index contributed by atoms with van der Waals surface area (Å²) in [6.45, 7) is 0. The van der Waals surface area contributed by atoms with Crippen molar-refractivity contribution < 1.29 is 14.0 Å². The number of hydrogen-bond donors (Lipinski definition) is 2. The molecule has 0 radical (unpaired) electrons. The number of rotatable bonds is 3. The van der Waals surface area contributed by atoms with Gasteiger partial charge in [-0.2, -0.15) is 5.26 Å². The molecule has 0 aliphatic carbocycles. The second-order valence-electron chi connectivity index (χ2n) is 4.32. The first-order valence-corrected chi connectivity index (χ1v) is 6.94. The lowest BCUT2D eigenvalue weighted by Gasteiger charge is -2.00. The van der Waals surface area contributed by atoms with E-state index < -0.39 is 11.9 Å². The highest BCUT2D eigenvalue weighted by atomic mass is 35.5. The first-order chi connectivity index (χ1) is 10.9. The average Bonchev–Trinajstić information content (AvgIpc) is 2.95. The Morgan fingerprint density at radius 2 is 1.96 bits per heavy atom. The van der Waals surface area contributed by atoms with E-state index >= 15 is 0 Å². The van der Waals surface area contributed by atoms with E-state index in [2.05, 4.69) is 0 Å². The summed E-state index contributed by atoms with van der Waals surface area (Å²) in [6.07, 6.45) is 1.19. The molecule has 0 unspecified atom stereocenters. The van der Waals surface area contributed by atoms with E-state index in [1.165, 1.54) is 6.08 Å². The van der Waals surface area contributed by atoms with Gasteiger partial charge in [0, 0.05) is 11.6 Å². The lowest BCUT2D eigenvalue weighted by Crippen LogP contribution is -2.35. The summed E-state index contributed by atoms with van der Waals surface area (Å²) in [5, 5.41) is 11.5. The highest BCUT2D eigenvalue weighted by Crippen LogP contribution is 2.30. The smallest absolute Gasteiger partial charge is 0.319 e. The van der Waals surface area contributed by atoms with Gasteiger partial charge in [-0.3, -0.25) is 10.1 Å². The fraction of sp³-hybridized carbons (Fsp3) is 0. The maximum atomic E-state index is 11.6.